The number of nitrogens with one attached hydrogen (secondary N) is 1. The third-order valence-electron chi connectivity index (χ3n) is 13.3. The van der Waals surface area contributed by atoms with Gasteiger partial charge in [-0.25, -0.2) is 21.2 Å². The molecule has 366 valence electrons. The lowest BCUT2D eigenvalue weighted by Crippen LogP contribution is -2.46. The van der Waals surface area contributed by atoms with Crippen molar-refractivity contribution in [2.45, 2.75) is 85.6 Å². The highest BCUT2D eigenvalue weighted by atomic mass is 35.5. The first kappa shape index (κ1) is 50.6. The Hall–Kier alpha value is -4.83. The van der Waals surface area contributed by atoms with Gasteiger partial charge in [-0.15, -0.1) is 11.8 Å². The molecule has 0 unspecified atom stereocenters. The number of halogens is 2. The van der Waals surface area contributed by atoms with Crippen LogP contribution < -0.4 is 15.1 Å². The van der Waals surface area contributed by atoms with Gasteiger partial charge in [0.05, 0.1) is 27.3 Å². The maximum Gasteiger partial charge on any atom is 0.182 e. The van der Waals surface area contributed by atoms with Crippen molar-refractivity contribution >= 4 is 60.1 Å². The van der Waals surface area contributed by atoms with Crippen molar-refractivity contribution in [1.29, 1.82) is 0 Å². The number of aliphatic hydroxyl groups excluding tert-OH is 1. The van der Waals surface area contributed by atoms with Crippen LogP contribution in [0.15, 0.2) is 130 Å². The Labute approximate surface area is 417 Å². The van der Waals surface area contributed by atoms with Crippen LogP contribution in [0.5, 0.6) is 0 Å². The molecule has 69 heavy (non-hydrogen) atoms. The van der Waals surface area contributed by atoms with E-state index in [1.165, 1.54) is 23.3 Å². The molecule has 2 fully saturated rings. The number of anilines is 3. The van der Waals surface area contributed by atoms with Gasteiger partial charge in [0.2, 0.25) is 0 Å². The van der Waals surface area contributed by atoms with Crippen molar-refractivity contribution in [3.63, 3.8) is 0 Å². The number of aryl methyl sites for hydroxylation is 1. The minimum absolute atomic E-state index is 0.0822. The Morgan fingerprint density at radius 3 is 2.06 bits per heavy atom. The molecule has 15 heteroatoms. The zero-order valence-electron chi connectivity index (χ0n) is 40.0. The van der Waals surface area contributed by atoms with Gasteiger partial charge in [-0.2, -0.15) is 0 Å². The Morgan fingerprint density at radius 1 is 0.783 bits per heavy atom. The Balaban J connectivity index is 0.926. The first-order chi connectivity index (χ1) is 32.9. The van der Waals surface area contributed by atoms with Crippen molar-refractivity contribution in [2.24, 2.45) is 0 Å². The predicted molar refractivity (Wildman–Crippen MR) is 282 cm³/mol. The second-order valence-corrected chi connectivity index (χ2v) is 24.3. The van der Waals surface area contributed by atoms with Crippen LogP contribution in [0.4, 0.5) is 21.5 Å². The number of piperidine rings is 1. The molecule has 0 amide bonds. The van der Waals surface area contributed by atoms with E-state index < -0.39 is 25.5 Å². The van der Waals surface area contributed by atoms with Crippen LogP contribution in [-0.2, 0) is 25.4 Å². The molecular formula is C54H63ClFN5O5S3. The summed E-state index contributed by atoms with van der Waals surface area (Å²) in [5.41, 5.74) is 7.14. The largest absolute Gasteiger partial charge is 0.393 e. The van der Waals surface area contributed by atoms with Crippen molar-refractivity contribution in [1.82, 2.24) is 9.47 Å². The van der Waals surface area contributed by atoms with E-state index in [2.05, 4.69) is 32.1 Å². The summed E-state index contributed by atoms with van der Waals surface area (Å²) >= 11 is 8.07. The van der Waals surface area contributed by atoms with E-state index in [0.717, 1.165) is 67.2 Å². The predicted octanol–water partition coefficient (Wildman–Crippen LogP) is 10.9. The fourth-order valence-corrected chi connectivity index (χ4v) is 13.5. The van der Waals surface area contributed by atoms with Gasteiger partial charge in [-0.05, 0) is 142 Å². The van der Waals surface area contributed by atoms with Gasteiger partial charge in [0.15, 0.2) is 19.7 Å². The molecule has 0 bridgehead atoms. The van der Waals surface area contributed by atoms with E-state index in [-0.39, 0.29) is 33.7 Å². The number of aliphatic hydroxyl groups is 1. The minimum atomic E-state index is -3.73. The lowest BCUT2D eigenvalue weighted by molar-refractivity contribution is 0.0817. The van der Waals surface area contributed by atoms with Gasteiger partial charge < -0.3 is 29.7 Å². The zero-order valence-corrected chi connectivity index (χ0v) is 43.2. The highest BCUT2D eigenvalue weighted by Gasteiger charge is 2.31. The number of piperazine rings is 1. The van der Waals surface area contributed by atoms with Crippen molar-refractivity contribution in [3.05, 3.63) is 143 Å². The number of hydrogen-bond donors (Lipinski definition) is 2. The van der Waals surface area contributed by atoms with Crippen molar-refractivity contribution in [2.75, 3.05) is 72.9 Å². The molecule has 0 radical (unpaired) electrons. The van der Waals surface area contributed by atoms with Crippen LogP contribution in [-0.4, -0.2) is 101 Å². The van der Waals surface area contributed by atoms with E-state index in [1.54, 1.807) is 31.2 Å². The first-order valence-corrected chi connectivity index (χ1v) is 28.6. The standard InChI is InChI=1S/C54H63ClFN5O5S3/c1-37(2)61-39(4)54(68(5,63)64)52(53(61)41-13-15-43(55)16-14-41)42-32-44(56)34-47(33-42)60-29-27-59(28-30-60)46-17-11-40(12-18-46)36-69(65,66)50-19-20-51(38(3)31-50)57-45(35-67-49-9-7-6-8-10-49)21-24-58-25-22-48(62)23-26-58/h6-20,31-34,37,45,48,57,62H,21-30,35-36H2,1-5H3/t45-/m1/s1. The second-order valence-electron chi connectivity index (χ2n) is 18.8. The topological polar surface area (TPSA) is 115 Å². The van der Waals surface area contributed by atoms with Crippen LogP contribution in [0.1, 0.15) is 56.0 Å². The molecule has 5 aromatic carbocycles. The quantitative estimate of drug-likeness (QED) is 0.0856. The van der Waals surface area contributed by atoms with Crippen LogP contribution in [0.2, 0.25) is 5.02 Å². The molecule has 2 saturated heterocycles. The van der Waals surface area contributed by atoms with Gasteiger partial charge in [-0.1, -0.05) is 54.1 Å². The SMILES string of the molecule is Cc1cc(S(=O)(=O)Cc2ccc(N3CCN(c4cc(F)cc(-c5c(S(C)(=O)=O)c(C)n(C(C)C)c5-c5ccc(Cl)cc5)c4)CC3)cc2)ccc1N[C@H](CCN1CCC(O)CC1)CSc1ccccc1. The van der Waals surface area contributed by atoms with Gasteiger partial charge in [-0.3, -0.25) is 0 Å². The summed E-state index contributed by atoms with van der Waals surface area (Å²) in [6.45, 7) is 13.0. The number of likely N-dealkylation sites (tertiary alicyclic amines) is 1. The molecule has 10 nitrogen and oxygen atoms in total. The van der Waals surface area contributed by atoms with Crippen LogP contribution in [0, 0.1) is 19.7 Å². The van der Waals surface area contributed by atoms with Gasteiger partial charge >= 0.3 is 0 Å². The molecule has 3 heterocycles. The number of sulfone groups is 2. The molecule has 2 aliphatic heterocycles. The molecule has 1 atom stereocenters. The van der Waals surface area contributed by atoms with Crippen molar-refractivity contribution in [3.8, 4) is 22.4 Å². The van der Waals surface area contributed by atoms with E-state index in [1.807, 2.05) is 104 Å². The summed E-state index contributed by atoms with van der Waals surface area (Å²) in [6.07, 6.45) is 3.52. The average molecular weight is 1010 g/mol. The smallest absolute Gasteiger partial charge is 0.182 e. The average Bonchev–Trinajstić information content (AvgIpc) is 3.65. The Bertz CT molecular complexity index is 2950. The minimum Gasteiger partial charge on any atom is -0.393 e. The number of thioether (sulfide) groups is 1. The Morgan fingerprint density at radius 2 is 1.43 bits per heavy atom. The normalized spacial score (nSPS) is 15.8. The molecule has 0 spiro atoms. The number of aromatic nitrogens is 1. The molecule has 0 aliphatic carbocycles. The zero-order chi connectivity index (χ0) is 49.0. The molecule has 0 saturated carbocycles. The van der Waals surface area contributed by atoms with Gasteiger partial charge in [0, 0.05) is 108 Å². The summed E-state index contributed by atoms with van der Waals surface area (Å²) in [7, 11) is -7.38. The number of rotatable bonds is 17. The summed E-state index contributed by atoms with van der Waals surface area (Å²) in [6, 6.07) is 35.6. The highest BCUT2D eigenvalue weighted by Crippen LogP contribution is 2.45. The lowest BCUT2D eigenvalue weighted by Gasteiger charge is -2.37. The fraction of sp³-hybridized carbons (Fsp3) is 0.370. The summed E-state index contributed by atoms with van der Waals surface area (Å²) in [5, 5.41) is 14.3. The number of hydrogen-bond acceptors (Lipinski definition) is 10. The second kappa shape index (κ2) is 21.7. The van der Waals surface area contributed by atoms with Crippen LogP contribution in [0.25, 0.3) is 22.4 Å². The van der Waals surface area contributed by atoms with Gasteiger partial charge in [0.25, 0.3) is 0 Å². The van der Waals surface area contributed by atoms with Crippen LogP contribution in [0.3, 0.4) is 0 Å². The summed E-state index contributed by atoms with van der Waals surface area (Å²) in [5.74, 6) is 0.270. The highest BCUT2D eigenvalue weighted by molar-refractivity contribution is 7.99. The summed E-state index contributed by atoms with van der Waals surface area (Å²) in [4.78, 5) is 8.45. The fourth-order valence-electron chi connectivity index (χ4n) is 9.78. The maximum atomic E-state index is 15.7. The van der Waals surface area contributed by atoms with E-state index >= 15 is 4.39 Å². The van der Waals surface area contributed by atoms with E-state index in [0.29, 0.717) is 65.0 Å². The molecular weight excluding hydrogens is 949 g/mol. The van der Waals surface area contributed by atoms with Gasteiger partial charge in [0.1, 0.15) is 5.82 Å². The molecule has 2 N–H and O–H groups in total. The summed E-state index contributed by atoms with van der Waals surface area (Å²) < 4.78 is 72.4. The molecule has 2 aliphatic rings. The van der Waals surface area contributed by atoms with E-state index in [9.17, 15) is 21.9 Å². The monoisotopic (exact) mass is 1010 g/mol. The first-order valence-electron chi connectivity index (χ1n) is 23.7. The molecule has 1 aromatic heterocycles. The molecule has 6 aromatic rings. The number of benzene rings is 5. The molecule has 8 rings (SSSR count). The number of nitrogens with zero attached hydrogens (tertiary/aromatic N) is 4. The van der Waals surface area contributed by atoms with Crippen LogP contribution >= 0.6 is 23.4 Å². The Kier molecular flexibility index (Phi) is 15.9. The van der Waals surface area contributed by atoms with Crippen molar-refractivity contribution < 1.29 is 26.3 Å². The third-order valence-corrected chi connectivity index (χ3v) is 17.7. The third kappa shape index (κ3) is 12.2. The van der Waals surface area contributed by atoms with E-state index in [4.69, 9.17) is 11.6 Å². The maximum absolute atomic E-state index is 15.7. The lowest BCUT2D eigenvalue weighted by atomic mass is 9.99.